The number of hydrogen-bond acceptors (Lipinski definition) is 3. The van der Waals surface area contributed by atoms with Crippen LogP contribution in [0.5, 0.6) is 5.88 Å². The van der Waals surface area contributed by atoms with Gasteiger partial charge in [0.1, 0.15) is 6.61 Å². The Balaban J connectivity index is 1.94. The van der Waals surface area contributed by atoms with Crippen LogP contribution in [-0.4, -0.2) is 10.1 Å². The van der Waals surface area contributed by atoms with Crippen LogP contribution in [0.25, 0.3) is 0 Å². The quantitative estimate of drug-likeness (QED) is 0.877. The molecule has 0 bridgehead atoms. The molecule has 94 valence electrons. The second-order valence-corrected chi connectivity index (χ2v) is 4.13. The fourth-order valence-electron chi connectivity index (χ4n) is 1.64. The van der Waals surface area contributed by atoms with Gasteiger partial charge in [-0.3, -0.25) is 0 Å². The molecular weight excluding hydrogens is 226 g/mol. The van der Waals surface area contributed by atoms with Gasteiger partial charge in [-0.05, 0) is 23.6 Å². The summed E-state index contributed by atoms with van der Waals surface area (Å²) in [5, 5.41) is 9.65. The monoisotopic (exact) mass is 243 g/mol. The minimum Gasteiger partial charge on any atom is -0.473 e. The summed E-state index contributed by atoms with van der Waals surface area (Å²) in [5.41, 5.74) is 1.93. The van der Waals surface area contributed by atoms with E-state index in [1.165, 1.54) is 0 Å². The van der Waals surface area contributed by atoms with Crippen molar-refractivity contribution >= 4 is 0 Å². The lowest BCUT2D eigenvalue weighted by Gasteiger charge is -2.09. The zero-order chi connectivity index (χ0) is 12.8. The van der Waals surface area contributed by atoms with Gasteiger partial charge in [-0.1, -0.05) is 37.3 Å². The maximum atomic E-state index is 9.65. The zero-order valence-corrected chi connectivity index (χ0v) is 10.4. The van der Waals surface area contributed by atoms with Crippen molar-refractivity contribution in [1.82, 2.24) is 4.98 Å². The van der Waals surface area contributed by atoms with Gasteiger partial charge in [-0.25, -0.2) is 4.98 Å². The molecule has 1 unspecified atom stereocenters. The van der Waals surface area contributed by atoms with E-state index in [4.69, 9.17) is 4.74 Å². The van der Waals surface area contributed by atoms with Crippen molar-refractivity contribution in [2.75, 3.05) is 0 Å². The van der Waals surface area contributed by atoms with Crippen LogP contribution in [0.3, 0.4) is 0 Å². The molecule has 0 saturated carbocycles. The van der Waals surface area contributed by atoms with E-state index >= 15 is 0 Å². The number of hydrogen-bond donors (Lipinski definition) is 1. The van der Waals surface area contributed by atoms with Gasteiger partial charge >= 0.3 is 0 Å². The summed E-state index contributed by atoms with van der Waals surface area (Å²) in [6, 6.07) is 13.6. The summed E-state index contributed by atoms with van der Waals surface area (Å²) in [4.78, 5) is 4.18. The van der Waals surface area contributed by atoms with E-state index in [1.807, 2.05) is 43.3 Å². The molecule has 1 aromatic carbocycles. The second kappa shape index (κ2) is 6.17. The van der Waals surface area contributed by atoms with E-state index in [0.717, 1.165) is 11.1 Å². The highest BCUT2D eigenvalue weighted by Crippen LogP contribution is 2.17. The fourth-order valence-corrected chi connectivity index (χ4v) is 1.64. The van der Waals surface area contributed by atoms with Crippen molar-refractivity contribution in [3.8, 4) is 5.88 Å². The Morgan fingerprint density at radius 2 is 1.94 bits per heavy atom. The van der Waals surface area contributed by atoms with Crippen molar-refractivity contribution in [3.05, 3.63) is 59.8 Å². The van der Waals surface area contributed by atoms with Crippen LogP contribution in [0.2, 0.25) is 0 Å². The van der Waals surface area contributed by atoms with E-state index in [0.29, 0.717) is 18.9 Å². The first-order chi connectivity index (χ1) is 8.79. The molecule has 1 atom stereocenters. The van der Waals surface area contributed by atoms with Crippen LogP contribution >= 0.6 is 0 Å². The first-order valence-corrected chi connectivity index (χ1v) is 6.10. The molecule has 0 aliphatic rings. The number of rotatable bonds is 5. The average Bonchev–Trinajstić information content (AvgIpc) is 2.46. The molecule has 0 amide bonds. The molecule has 0 aliphatic carbocycles. The fraction of sp³-hybridized carbons (Fsp3) is 0.267. The third-order valence-electron chi connectivity index (χ3n) is 2.76. The van der Waals surface area contributed by atoms with Crippen molar-refractivity contribution in [3.63, 3.8) is 0 Å². The van der Waals surface area contributed by atoms with E-state index in [2.05, 4.69) is 4.98 Å². The van der Waals surface area contributed by atoms with E-state index in [-0.39, 0.29) is 0 Å². The van der Waals surface area contributed by atoms with Crippen LogP contribution in [0.15, 0.2) is 48.7 Å². The van der Waals surface area contributed by atoms with Gasteiger partial charge < -0.3 is 9.84 Å². The predicted molar refractivity (Wildman–Crippen MR) is 70.3 cm³/mol. The zero-order valence-electron chi connectivity index (χ0n) is 10.4. The largest absolute Gasteiger partial charge is 0.473 e. The maximum absolute atomic E-state index is 9.65. The standard InChI is InChI=1S/C15H17NO2/c1-2-14(17)13-8-9-15(16-10-13)18-11-12-6-4-3-5-7-12/h3-10,14,17H,2,11H2,1H3. The summed E-state index contributed by atoms with van der Waals surface area (Å²) in [6.45, 7) is 2.44. The van der Waals surface area contributed by atoms with Crippen molar-refractivity contribution in [1.29, 1.82) is 0 Å². The Hall–Kier alpha value is -1.87. The van der Waals surface area contributed by atoms with E-state index in [9.17, 15) is 5.11 Å². The van der Waals surface area contributed by atoms with E-state index in [1.54, 1.807) is 12.3 Å². The van der Waals surface area contributed by atoms with Gasteiger partial charge in [0, 0.05) is 12.3 Å². The Morgan fingerprint density at radius 3 is 2.56 bits per heavy atom. The molecule has 1 aromatic heterocycles. The van der Waals surface area contributed by atoms with Crippen LogP contribution < -0.4 is 4.74 Å². The summed E-state index contributed by atoms with van der Waals surface area (Å²) in [6.07, 6.45) is 1.90. The third-order valence-corrected chi connectivity index (χ3v) is 2.76. The minimum atomic E-state index is -0.444. The molecular formula is C15H17NO2. The molecule has 3 nitrogen and oxygen atoms in total. The topological polar surface area (TPSA) is 42.4 Å². The molecule has 3 heteroatoms. The molecule has 18 heavy (non-hydrogen) atoms. The third kappa shape index (κ3) is 3.31. The maximum Gasteiger partial charge on any atom is 0.213 e. The van der Waals surface area contributed by atoms with Crippen LogP contribution in [-0.2, 0) is 6.61 Å². The minimum absolute atomic E-state index is 0.444. The van der Waals surface area contributed by atoms with E-state index < -0.39 is 6.10 Å². The SMILES string of the molecule is CCC(O)c1ccc(OCc2ccccc2)nc1. The van der Waals surface area contributed by atoms with Crippen molar-refractivity contribution in [2.24, 2.45) is 0 Å². The molecule has 0 fully saturated rings. The Morgan fingerprint density at radius 1 is 1.17 bits per heavy atom. The highest BCUT2D eigenvalue weighted by atomic mass is 16.5. The lowest BCUT2D eigenvalue weighted by Crippen LogP contribution is -1.99. The number of ether oxygens (including phenoxy) is 1. The van der Waals surface area contributed by atoms with Crippen LogP contribution in [0.1, 0.15) is 30.6 Å². The number of aliphatic hydroxyl groups is 1. The van der Waals surface area contributed by atoms with Crippen molar-refractivity contribution < 1.29 is 9.84 Å². The molecule has 1 heterocycles. The van der Waals surface area contributed by atoms with Gasteiger partial charge in [0.25, 0.3) is 0 Å². The summed E-state index contributed by atoms with van der Waals surface area (Å²) in [5.74, 6) is 0.575. The average molecular weight is 243 g/mol. The highest BCUT2D eigenvalue weighted by molar-refractivity contribution is 5.20. The predicted octanol–water partition coefficient (Wildman–Crippen LogP) is 3.10. The number of pyridine rings is 1. The van der Waals surface area contributed by atoms with Gasteiger partial charge in [-0.15, -0.1) is 0 Å². The second-order valence-electron chi connectivity index (χ2n) is 4.13. The smallest absolute Gasteiger partial charge is 0.213 e. The highest BCUT2D eigenvalue weighted by Gasteiger charge is 2.05. The normalized spacial score (nSPS) is 12.1. The van der Waals surface area contributed by atoms with Crippen molar-refractivity contribution in [2.45, 2.75) is 26.1 Å². The molecule has 0 spiro atoms. The number of nitrogens with zero attached hydrogens (tertiary/aromatic N) is 1. The number of benzene rings is 1. The van der Waals surface area contributed by atoms with Gasteiger partial charge in [0.2, 0.25) is 5.88 Å². The van der Waals surface area contributed by atoms with Crippen LogP contribution in [0, 0.1) is 0 Å². The van der Waals surface area contributed by atoms with Gasteiger partial charge in [0.15, 0.2) is 0 Å². The number of aliphatic hydroxyl groups excluding tert-OH is 1. The summed E-state index contributed by atoms with van der Waals surface area (Å²) < 4.78 is 5.57. The number of aromatic nitrogens is 1. The molecule has 2 rings (SSSR count). The van der Waals surface area contributed by atoms with Crippen LogP contribution in [0.4, 0.5) is 0 Å². The Labute approximate surface area is 107 Å². The molecule has 2 aromatic rings. The lowest BCUT2D eigenvalue weighted by atomic mass is 10.1. The molecule has 1 N–H and O–H groups in total. The Bertz CT molecular complexity index is 468. The first-order valence-electron chi connectivity index (χ1n) is 6.10. The first kappa shape index (κ1) is 12.6. The van der Waals surface area contributed by atoms with Gasteiger partial charge in [0.05, 0.1) is 6.10 Å². The molecule has 0 radical (unpaired) electrons. The molecule has 0 aliphatic heterocycles. The molecule has 0 saturated heterocycles. The summed E-state index contributed by atoms with van der Waals surface area (Å²) >= 11 is 0. The lowest BCUT2D eigenvalue weighted by molar-refractivity contribution is 0.173. The van der Waals surface area contributed by atoms with Gasteiger partial charge in [-0.2, -0.15) is 0 Å². The Kier molecular flexibility index (Phi) is 4.31. The summed E-state index contributed by atoms with van der Waals surface area (Å²) in [7, 11) is 0.